The minimum absolute atomic E-state index is 0.285. The Hall–Kier alpha value is -0.380. The average molecular weight is 284 g/mol. The Balaban J connectivity index is 2.05. The molecule has 0 aliphatic carbocycles. The summed E-state index contributed by atoms with van der Waals surface area (Å²) in [6.07, 6.45) is 2.34. The maximum absolute atomic E-state index is 9.26. The van der Waals surface area contributed by atoms with Gasteiger partial charge in [-0.05, 0) is 43.5 Å². The highest BCUT2D eigenvalue weighted by molar-refractivity contribution is 9.10. The van der Waals surface area contributed by atoms with Crippen LogP contribution in [0.5, 0.6) is 0 Å². The molecule has 3 heteroatoms. The number of nitrogens with zero attached hydrogens (tertiary/aromatic N) is 1. The molecule has 2 nitrogen and oxygen atoms in total. The van der Waals surface area contributed by atoms with E-state index in [9.17, 15) is 5.11 Å². The Labute approximate surface area is 105 Å². The summed E-state index contributed by atoms with van der Waals surface area (Å²) in [7, 11) is 0. The second kappa shape index (κ2) is 5.30. The zero-order valence-electron chi connectivity index (χ0n) is 9.62. The quantitative estimate of drug-likeness (QED) is 0.922. The van der Waals surface area contributed by atoms with Crippen molar-refractivity contribution >= 4 is 15.9 Å². The number of rotatable bonds is 3. The molecule has 0 amide bonds. The van der Waals surface area contributed by atoms with E-state index in [2.05, 4.69) is 46.0 Å². The fraction of sp³-hybridized carbons (Fsp3) is 0.538. The van der Waals surface area contributed by atoms with Crippen LogP contribution >= 0.6 is 15.9 Å². The molecule has 1 N–H and O–H groups in total. The molecule has 1 saturated heterocycles. The summed E-state index contributed by atoms with van der Waals surface area (Å²) in [5.41, 5.74) is 2.58. The van der Waals surface area contributed by atoms with Crippen molar-refractivity contribution in [2.75, 3.05) is 13.2 Å². The molecule has 1 aliphatic heterocycles. The Morgan fingerprint density at radius 3 is 3.00 bits per heavy atom. The minimum atomic E-state index is 0.285. The molecule has 1 aliphatic rings. The fourth-order valence-electron chi connectivity index (χ4n) is 2.28. The lowest BCUT2D eigenvalue weighted by Crippen LogP contribution is -2.31. The summed E-state index contributed by atoms with van der Waals surface area (Å²) < 4.78 is 1.17. The molecule has 88 valence electrons. The summed E-state index contributed by atoms with van der Waals surface area (Å²) in [6.45, 7) is 4.44. The first kappa shape index (κ1) is 12.1. The number of benzene rings is 1. The minimum Gasteiger partial charge on any atom is -0.395 e. The third-order valence-electron chi connectivity index (χ3n) is 3.33. The molecule has 16 heavy (non-hydrogen) atoms. The molecule has 0 aromatic heterocycles. The first-order valence-corrected chi connectivity index (χ1v) is 6.60. The van der Waals surface area contributed by atoms with Crippen molar-refractivity contribution in [1.82, 2.24) is 4.90 Å². The van der Waals surface area contributed by atoms with E-state index in [4.69, 9.17) is 0 Å². The van der Waals surface area contributed by atoms with E-state index < -0.39 is 0 Å². The van der Waals surface area contributed by atoms with Crippen molar-refractivity contribution in [3.8, 4) is 0 Å². The van der Waals surface area contributed by atoms with Crippen LogP contribution in [-0.2, 0) is 6.54 Å². The van der Waals surface area contributed by atoms with Crippen molar-refractivity contribution in [2.45, 2.75) is 32.4 Å². The smallest absolute Gasteiger partial charge is 0.0587 e. The highest BCUT2D eigenvalue weighted by Crippen LogP contribution is 2.22. The highest BCUT2D eigenvalue weighted by atomic mass is 79.9. The van der Waals surface area contributed by atoms with Crippen LogP contribution in [0.25, 0.3) is 0 Å². The van der Waals surface area contributed by atoms with Gasteiger partial charge in [0.25, 0.3) is 0 Å². The van der Waals surface area contributed by atoms with Gasteiger partial charge in [0.05, 0.1) is 6.61 Å². The number of likely N-dealkylation sites (tertiary alicyclic amines) is 1. The van der Waals surface area contributed by atoms with Gasteiger partial charge in [-0.25, -0.2) is 0 Å². The monoisotopic (exact) mass is 283 g/mol. The van der Waals surface area contributed by atoms with E-state index in [-0.39, 0.29) is 6.61 Å². The van der Waals surface area contributed by atoms with Crippen molar-refractivity contribution in [1.29, 1.82) is 0 Å². The SMILES string of the molecule is Cc1ccc(CN2CCC[C@H]2CO)cc1Br. The second-order valence-electron chi connectivity index (χ2n) is 4.53. The molecule has 0 bridgehead atoms. The van der Waals surface area contributed by atoms with E-state index in [1.807, 2.05) is 0 Å². The normalized spacial score (nSPS) is 21.6. The lowest BCUT2D eigenvalue weighted by molar-refractivity contribution is 0.153. The van der Waals surface area contributed by atoms with Crippen molar-refractivity contribution in [3.63, 3.8) is 0 Å². The van der Waals surface area contributed by atoms with Gasteiger partial charge in [0.2, 0.25) is 0 Å². The highest BCUT2D eigenvalue weighted by Gasteiger charge is 2.23. The van der Waals surface area contributed by atoms with Crippen LogP contribution < -0.4 is 0 Å². The second-order valence-corrected chi connectivity index (χ2v) is 5.39. The molecule has 0 unspecified atom stereocenters. The largest absolute Gasteiger partial charge is 0.395 e. The first-order valence-electron chi connectivity index (χ1n) is 5.80. The van der Waals surface area contributed by atoms with Gasteiger partial charge >= 0.3 is 0 Å². The molecular formula is C13H18BrNO. The maximum Gasteiger partial charge on any atom is 0.0587 e. The van der Waals surface area contributed by atoms with Crippen LogP contribution in [0.2, 0.25) is 0 Å². The number of aryl methyl sites for hydroxylation is 1. The van der Waals surface area contributed by atoms with Crippen LogP contribution in [0.15, 0.2) is 22.7 Å². The molecule has 0 spiro atoms. The molecule has 0 radical (unpaired) electrons. The van der Waals surface area contributed by atoms with Crippen LogP contribution in [0, 0.1) is 6.92 Å². The topological polar surface area (TPSA) is 23.5 Å². The van der Waals surface area contributed by atoms with Crippen LogP contribution in [-0.4, -0.2) is 29.2 Å². The first-order chi connectivity index (χ1) is 7.70. The van der Waals surface area contributed by atoms with Gasteiger partial charge in [0.15, 0.2) is 0 Å². The Bertz CT molecular complexity index is 367. The third-order valence-corrected chi connectivity index (χ3v) is 4.19. The number of aliphatic hydroxyl groups is 1. The third kappa shape index (κ3) is 2.65. The summed E-state index contributed by atoms with van der Waals surface area (Å²) in [5.74, 6) is 0. The van der Waals surface area contributed by atoms with Crippen molar-refractivity contribution in [2.24, 2.45) is 0 Å². The van der Waals surface area contributed by atoms with Gasteiger partial charge in [-0.2, -0.15) is 0 Å². The van der Waals surface area contributed by atoms with Crippen LogP contribution in [0.4, 0.5) is 0 Å². The van der Waals surface area contributed by atoms with E-state index in [1.54, 1.807) is 0 Å². The lowest BCUT2D eigenvalue weighted by atomic mass is 10.1. The molecule has 1 fully saturated rings. The lowest BCUT2D eigenvalue weighted by Gasteiger charge is -2.22. The average Bonchev–Trinajstić information content (AvgIpc) is 2.71. The maximum atomic E-state index is 9.26. The van der Waals surface area contributed by atoms with Crippen molar-refractivity contribution < 1.29 is 5.11 Å². The summed E-state index contributed by atoms with van der Waals surface area (Å²) in [5, 5.41) is 9.26. The van der Waals surface area contributed by atoms with Gasteiger partial charge in [-0.3, -0.25) is 4.90 Å². The number of halogens is 1. The van der Waals surface area contributed by atoms with Gasteiger partial charge in [-0.1, -0.05) is 28.1 Å². The molecule has 1 atom stereocenters. The molecule has 1 aromatic carbocycles. The molecule has 1 aromatic rings. The van der Waals surface area contributed by atoms with Gasteiger partial charge in [0.1, 0.15) is 0 Å². The van der Waals surface area contributed by atoms with Gasteiger partial charge in [0, 0.05) is 17.1 Å². The number of aliphatic hydroxyl groups excluding tert-OH is 1. The van der Waals surface area contributed by atoms with E-state index in [0.29, 0.717) is 6.04 Å². The predicted molar refractivity (Wildman–Crippen MR) is 69.4 cm³/mol. The Morgan fingerprint density at radius 1 is 1.50 bits per heavy atom. The summed E-state index contributed by atoms with van der Waals surface area (Å²) >= 11 is 3.56. The summed E-state index contributed by atoms with van der Waals surface area (Å²) in [4.78, 5) is 2.37. The van der Waals surface area contributed by atoms with Crippen molar-refractivity contribution in [3.05, 3.63) is 33.8 Å². The van der Waals surface area contributed by atoms with Gasteiger partial charge < -0.3 is 5.11 Å². The van der Waals surface area contributed by atoms with Gasteiger partial charge in [-0.15, -0.1) is 0 Å². The van der Waals surface area contributed by atoms with E-state index in [1.165, 1.54) is 22.0 Å². The zero-order valence-corrected chi connectivity index (χ0v) is 11.2. The fourth-order valence-corrected chi connectivity index (χ4v) is 2.71. The van der Waals surface area contributed by atoms with E-state index in [0.717, 1.165) is 19.5 Å². The molecular weight excluding hydrogens is 266 g/mol. The van der Waals surface area contributed by atoms with E-state index >= 15 is 0 Å². The number of hydrogen-bond acceptors (Lipinski definition) is 2. The molecule has 0 saturated carbocycles. The predicted octanol–water partition coefficient (Wildman–Crippen LogP) is 2.71. The van der Waals surface area contributed by atoms with Crippen LogP contribution in [0.1, 0.15) is 24.0 Å². The Morgan fingerprint density at radius 2 is 2.31 bits per heavy atom. The molecule has 1 heterocycles. The number of hydrogen-bond donors (Lipinski definition) is 1. The summed E-state index contributed by atoms with van der Waals surface area (Å²) in [6, 6.07) is 6.86. The van der Waals surface area contributed by atoms with Crippen LogP contribution in [0.3, 0.4) is 0 Å². The zero-order chi connectivity index (χ0) is 11.5. The standard InChI is InChI=1S/C13H18BrNO/c1-10-4-5-11(7-13(10)14)8-15-6-2-3-12(15)9-16/h4-5,7,12,16H,2-3,6,8-9H2,1H3/t12-/m0/s1. The molecule has 2 rings (SSSR count). The Kier molecular flexibility index (Phi) is 4.00.